The molecule has 0 aromatic heterocycles. The van der Waals surface area contributed by atoms with Gasteiger partial charge in [0.25, 0.3) is 0 Å². The van der Waals surface area contributed by atoms with E-state index >= 15 is 0 Å². The van der Waals surface area contributed by atoms with Gasteiger partial charge < -0.3 is 0 Å². The number of nitriles is 1. The molecule has 0 spiro atoms. The van der Waals surface area contributed by atoms with Gasteiger partial charge in [-0.3, -0.25) is 0 Å². The predicted molar refractivity (Wildman–Crippen MR) is 63.8 cm³/mol. The SMILES string of the molecule is N#CSc1ccc2c(c1)CCCCCC2. The Labute approximate surface area is 95.5 Å². The first-order valence-electron chi connectivity index (χ1n) is 5.58. The highest BCUT2D eigenvalue weighted by Gasteiger charge is 2.07. The highest BCUT2D eigenvalue weighted by Crippen LogP contribution is 2.25. The summed E-state index contributed by atoms with van der Waals surface area (Å²) >= 11 is 1.27. The van der Waals surface area contributed by atoms with E-state index in [1.54, 1.807) is 0 Å². The molecule has 0 saturated carbocycles. The molecule has 2 rings (SSSR count). The fourth-order valence-electron chi connectivity index (χ4n) is 2.18. The normalized spacial score (nSPS) is 15.9. The summed E-state index contributed by atoms with van der Waals surface area (Å²) in [6.45, 7) is 0. The monoisotopic (exact) mass is 217 g/mol. The summed E-state index contributed by atoms with van der Waals surface area (Å²) in [4.78, 5) is 1.09. The molecule has 1 aliphatic rings. The summed E-state index contributed by atoms with van der Waals surface area (Å²) in [5.74, 6) is 0. The first kappa shape index (κ1) is 10.6. The van der Waals surface area contributed by atoms with Gasteiger partial charge in [0.1, 0.15) is 5.40 Å². The van der Waals surface area contributed by atoms with E-state index in [2.05, 4.69) is 23.6 Å². The van der Waals surface area contributed by atoms with E-state index < -0.39 is 0 Å². The van der Waals surface area contributed by atoms with Crippen LogP contribution < -0.4 is 0 Å². The molecule has 1 aliphatic carbocycles. The number of hydrogen-bond acceptors (Lipinski definition) is 2. The Hall–Kier alpha value is -0.940. The third kappa shape index (κ3) is 2.76. The number of hydrogen-bond donors (Lipinski definition) is 0. The highest BCUT2D eigenvalue weighted by atomic mass is 32.2. The number of thioether (sulfide) groups is 1. The standard InChI is InChI=1S/C13H15NS/c14-10-15-13-8-7-11-5-3-1-2-4-6-12(11)9-13/h7-9H,1-6H2. The zero-order chi connectivity index (χ0) is 10.5. The molecule has 1 nitrogen and oxygen atoms in total. The Morgan fingerprint density at radius 2 is 1.73 bits per heavy atom. The molecule has 2 heteroatoms. The van der Waals surface area contributed by atoms with Gasteiger partial charge in [0, 0.05) is 4.90 Å². The molecule has 0 amide bonds. The van der Waals surface area contributed by atoms with Crippen molar-refractivity contribution < 1.29 is 0 Å². The van der Waals surface area contributed by atoms with Crippen LogP contribution in [0.2, 0.25) is 0 Å². The van der Waals surface area contributed by atoms with E-state index in [1.807, 2.05) is 0 Å². The van der Waals surface area contributed by atoms with Crippen molar-refractivity contribution in [1.82, 2.24) is 0 Å². The Bertz CT molecular complexity index is 379. The van der Waals surface area contributed by atoms with Crippen LogP contribution in [-0.2, 0) is 12.8 Å². The van der Waals surface area contributed by atoms with E-state index in [1.165, 1.54) is 61.4 Å². The van der Waals surface area contributed by atoms with Crippen LogP contribution in [0.1, 0.15) is 36.8 Å². The number of thiocyanates is 1. The smallest absolute Gasteiger partial charge is 0.138 e. The number of fused-ring (bicyclic) bond motifs is 1. The van der Waals surface area contributed by atoms with Crippen molar-refractivity contribution in [3.05, 3.63) is 29.3 Å². The van der Waals surface area contributed by atoms with Crippen LogP contribution in [0, 0.1) is 10.7 Å². The van der Waals surface area contributed by atoms with Crippen LogP contribution in [0.4, 0.5) is 0 Å². The molecule has 0 radical (unpaired) electrons. The molecular weight excluding hydrogens is 202 g/mol. The lowest BCUT2D eigenvalue weighted by Gasteiger charge is -2.14. The summed E-state index contributed by atoms with van der Waals surface area (Å²) in [7, 11) is 0. The largest absolute Gasteiger partial charge is 0.185 e. The van der Waals surface area contributed by atoms with Gasteiger partial charge >= 0.3 is 0 Å². The molecule has 0 atom stereocenters. The van der Waals surface area contributed by atoms with Crippen molar-refractivity contribution in [1.29, 1.82) is 5.26 Å². The first-order valence-corrected chi connectivity index (χ1v) is 6.39. The number of aryl methyl sites for hydroxylation is 2. The summed E-state index contributed by atoms with van der Waals surface area (Å²) in [5.41, 5.74) is 2.96. The fraction of sp³-hybridized carbons (Fsp3) is 0.462. The molecule has 0 heterocycles. The zero-order valence-electron chi connectivity index (χ0n) is 8.83. The Morgan fingerprint density at radius 1 is 1.00 bits per heavy atom. The molecule has 0 aliphatic heterocycles. The van der Waals surface area contributed by atoms with E-state index in [0.29, 0.717) is 0 Å². The minimum Gasteiger partial charge on any atom is -0.185 e. The number of nitrogens with zero attached hydrogens (tertiary/aromatic N) is 1. The van der Waals surface area contributed by atoms with Crippen LogP contribution in [0.25, 0.3) is 0 Å². The van der Waals surface area contributed by atoms with Crippen molar-refractivity contribution in [2.45, 2.75) is 43.4 Å². The van der Waals surface area contributed by atoms with Crippen LogP contribution in [0.3, 0.4) is 0 Å². The molecule has 0 N–H and O–H groups in total. The quantitative estimate of drug-likeness (QED) is 0.526. The summed E-state index contributed by atoms with van der Waals surface area (Å²) in [6.07, 6.45) is 7.75. The second-order valence-corrected chi connectivity index (χ2v) is 4.90. The van der Waals surface area contributed by atoms with Crippen LogP contribution >= 0.6 is 11.8 Å². The summed E-state index contributed by atoms with van der Waals surface area (Å²) in [6, 6.07) is 6.49. The van der Waals surface area contributed by atoms with Gasteiger partial charge in [-0.25, -0.2) is 0 Å². The lowest BCUT2D eigenvalue weighted by Crippen LogP contribution is -1.99. The second kappa shape index (κ2) is 5.23. The third-order valence-electron chi connectivity index (χ3n) is 2.98. The van der Waals surface area contributed by atoms with E-state index in [-0.39, 0.29) is 0 Å². The lowest BCUT2D eigenvalue weighted by atomic mass is 9.93. The van der Waals surface area contributed by atoms with Gasteiger partial charge in [-0.2, -0.15) is 5.26 Å². The second-order valence-electron chi connectivity index (χ2n) is 4.04. The summed E-state index contributed by atoms with van der Waals surface area (Å²) in [5, 5.41) is 10.8. The van der Waals surface area contributed by atoms with Crippen molar-refractivity contribution in [2.24, 2.45) is 0 Å². The lowest BCUT2D eigenvalue weighted by molar-refractivity contribution is 0.616. The maximum atomic E-state index is 8.64. The summed E-state index contributed by atoms with van der Waals surface area (Å²) < 4.78 is 0. The molecule has 78 valence electrons. The minimum atomic E-state index is 1.09. The topological polar surface area (TPSA) is 23.8 Å². The van der Waals surface area contributed by atoms with Crippen molar-refractivity contribution in [3.8, 4) is 5.40 Å². The molecule has 1 aromatic rings. The molecule has 0 saturated heterocycles. The van der Waals surface area contributed by atoms with Crippen molar-refractivity contribution in [3.63, 3.8) is 0 Å². The van der Waals surface area contributed by atoms with E-state index in [4.69, 9.17) is 5.26 Å². The third-order valence-corrected chi connectivity index (χ3v) is 3.56. The van der Waals surface area contributed by atoms with Gasteiger partial charge in [-0.1, -0.05) is 18.9 Å². The Kier molecular flexibility index (Phi) is 3.69. The minimum absolute atomic E-state index is 1.09. The van der Waals surface area contributed by atoms with E-state index in [0.717, 1.165) is 4.90 Å². The van der Waals surface area contributed by atoms with E-state index in [9.17, 15) is 0 Å². The van der Waals surface area contributed by atoms with Gasteiger partial charge in [0.2, 0.25) is 0 Å². The molecule has 15 heavy (non-hydrogen) atoms. The van der Waals surface area contributed by atoms with Gasteiger partial charge in [0.05, 0.1) is 0 Å². The highest BCUT2D eigenvalue weighted by molar-refractivity contribution is 8.03. The Balaban J connectivity index is 2.24. The zero-order valence-corrected chi connectivity index (χ0v) is 9.65. The maximum absolute atomic E-state index is 8.64. The van der Waals surface area contributed by atoms with Crippen molar-refractivity contribution in [2.75, 3.05) is 0 Å². The number of benzene rings is 1. The predicted octanol–water partition coefficient (Wildman–Crippen LogP) is 3.92. The molecular formula is C13H15NS. The van der Waals surface area contributed by atoms with Crippen LogP contribution in [0.15, 0.2) is 23.1 Å². The first-order chi connectivity index (χ1) is 7.40. The average Bonchev–Trinajstić information content (AvgIpc) is 2.20. The molecule has 0 fully saturated rings. The molecule has 1 aromatic carbocycles. The van der Waals surface area contributed by atoms with Gasteiger partial charge in [0.15, 0.2) is 0 Å². The fourth-order valence-corrected chi connectivity index (χ4v) is 2.62. The van der Waals surface area contributed by atoms with Gasteiger partial charge in [-0.05, 0) is 60.7 Å². The Morgan fingerprint density at radius 3 is 2.47 bits per heavy atom. The van der Waals surface area contributed by atoms with Gasteiger partial charge in [-0.15, -0.1) is 0 Å². The van der Waals surface area contributed by atoms with Crippen molar-refractivity contribution >= 4 is 11.8 Å². The average molecular weight is 217 g/mol. The number of rotatable bonds is 1. The molecule has 0 bridgehead atoms. The maximum Gasteiger partial charge on any atom is 0.138 e. The van der Waals surface area contributed by atoms with Crippen LogP contribution in [0.5, 0.6) is 0 Å². The van der Waals surface area contributed by atoms with Crippen LogP contribution in [-0.4, -0.2) is 0 Å². The molecule has 0 unspecified atom stereocenters.